The van der Waals surface area contributed by atoms with Crippen molar-refractivity contribution in [1.82, 2.24) is 0 Å². The van der Waals surface area contributed by atoms with E-state index in [1.807, 2.05) is 0 Å². The molecule has 0 bridgehead atoms. The fourth-order valence-corrected chi connectivity index (χ4v) is 4.88. The van der Waals surface area contributed by atoms with Crippen LogP contribution in [-0.2, 0) is 15.7 Å². The maximum atomic E-state index is 12.0. The van der Waals surface area contributed by atoms with Crippen LogP contribution in [0.15, 0.2) is 91.0 Å². The molecular formula is C26H26F10O3P2S. The lowest BCUT2D eigenvalue weighted by Gasteiger charge is -2.39. The molecule has 0 heterocycles. The summed E-state index contributed by atoms with van der Waals surface area (Å²) in [6.07, 6.45) is -5.66. The van der Waals surface area contributed by atoms with E-state index >= 15 is 0 Å². The van der Waals surface area contributed by atoms with Gasteiger partial charge in [0.25, 0.3) is 0 Å². The Kier molecular flexibility index (Phi) is 13.0. The Bertz CT molecular complexity index is 1270. The Hall–Kier alpha value is -2.27. The first-order valence-corrected chi connectivity index (χ1v) is 14.1. The minimum absolute atomic E-state index is 0.0576. The SMILES string of the molecule is CCC(c1ccccc1)C(P)(c1ccccc1)c1ccccc1.FC(F)(F)C(F)(F)C(F)(F)C(F)(F)P.O=S(=O)(O)F. The summed E-state index contributed by atoms with van der Waals surface area (Å²) < 4.78 is 139. The molecule has 3 aromatic carbocycles. The summed E-state index contributed by atoms with van der Waals surface area (Å²) in [5.74, 6) is -12.9. The molecule has 3 atom stereocenters. The van der Waals surface area contributed by atoms with Gasteiger partial charge < -0.3 is 0 Å². The summed E-state index contributed by atoms with van der Waals surface area (Å²) in [6.45, 7) is 2.28. The van der Waals surface area contributed by atoms with Gasteiger partial charge in [-0.1, -0.05) is 111 Å². The standard InChI is InChI=1S/C22H23P.C4H2F9P.FHO3S/c1-2-21(18-12-6-3-7-13-18)22(23,19-14-8-4-9-15-19)20-16-10-5-11-17-20;5-1(6,3(9,10)11)2(7,8)4(12,13)14;1-5(2,3)4/h3-17,21H,2,23H2,1H3;14H2;(H,2,3,4). The number of alkyl halides is 9. The molecule has 0 fully saturated rings. The highest BCUT2D eigenvalue weighted by Gasteiger charge is 2.80. The molecule has 3 unspecified atom stereocenters. The van der Waals surface area contributed by atoms with Gasteiger partial charge in [0.1, 0.15) is 0 Å². The molecule has 3 rings (SSSR count). The van der Waals surface area contributed by atoms with Crippen LogP contribution >= 0.6 is 18.5 Å². The number of rotatable bonds is 7. The van der Waals surface area contributed by atoms with Gasteiger partial charge in [0, 0.05) is 11.1 Å². The van der Waals surface area contributed by atoms with E-state index in [1.165, 1.54) is 16.7 Å². The van der Waals surface area contributed by atoms with Crippen molar-refractivity contribution in [3.8, 4) is 0 Å². The van der Waals surface area contributed by atoms with Crippen LogP contribution in [0.1, 0.15) is 36.0 Å². The van der Waals surface area contributed by atoms with E-state index in [2.05, 4.69) is 107 Å². The number of hydrogen-bond acceptors (Lipinski definition) is 2. The summed E-state index contributed by atoms with van der Waals surface area (Å²) in [4.78, 5) is 0. The molecule has 3 nitrogen and oxygen atoms in total. The highest BCUT2D eigenvalue weighted by atomic mass is 32.3. The zero-order valence-electron chi connectivity index (χ0n) is 21.6. The minimum atomic E-state index is -6.79. The maximum absolute atomic E-state index is 12.0. The van der Waals surface area contributed by atoms with E-state index in [4.69, 9.17) is 13.0 Å². The molecule has 0 aliphatic heterocycles. The third-order valence-electron chi connectivity index (χ3n) is 5.83. The molecule has 0 radical (unpaired) electrons. The van der Waals surface area contributed by atoms with Crippen molar-refractivity contribution in [3.63, 3.8) is 0 Å². The van der Waals surface area contributed by atoms with E-state index in [-0.39, 0.29) is 14.4 Å². The first-order valence-electron chi connectivity index (χ1n) is 11.6. The normalized spacial score (nSPS) is 13.7. The lowest BCUT2D eigenvalue weighted by Crippen LogP contribution is -2.58. The highest BCUT2D eigenvalue weighted by Crippen LogP contribution is 2.55. The first kappa shape index (κ1) is 37.8. The van der Waals surface area contributed by atoms with Gasteiger partial charge in [0.05, 0.1) is 0 Å². The smallest absolute Gasteiger partial charge is 0.260 e. The van der Waals surface area contributed by atoms with E-state index in [0.717, 1.165) is 6.42 Å². The molecule has 234 valence electrons. The molecular weight excluding hydrogens is 644 g/mol. The summed E-state index contributed by atoms with van der Waals surface area (Å²) in [6, 6.07) is 32.5. The third kappa shape index (κ3) is 9.62. The van der Waals surface area contributed by atoms with E-state index in [9.17, 15) is 43.4 Å². The Morgan fingerprint density at radius 1 is 0.667 bits per heavy atom. The van der Waals surface area contributed by atoms with Crippen molar-refractivity contribution in [2.24, 2.45) is 0 Å². The molecule has 3 aromatic rings. The molecule has 1 N–H and O–H groups in total. The number of halogens is 10. The van der Waals surface area contributed by atoms with Crippen LogP contribution in [0, 0.1) is 0 Å². The van der Waals surface area contributed by atoms with Crippen molar-refractivity contribution in [3.05, 3.63) is 108 Å². The molecule has 0 aromatic heterocycles. The van der Waals surface area contributed by atoms with Gasteiger partial charge in [0.15, 0.2) is 0 Å². The van der Waals surface area contributed by atoms with Gasteiger partial charge in [-0.15, -0.1) is 9.24 Å². The Balaban J connectivity index is 0.000000397. The zero-order chi connectivity index (χ0) is 32.6. The van der Waals surface area contributed by atoms with Gasteiger partial charge in [-0.05, 0) is 23.1 Å². The quantitative estimate of drug-likeness (QED) is 0.118. The molecule has 0 spiro atoms. The first-order chi connectivity index (χ1) is 19.0. The average Bonchev–Trinajstić information content (AvgIpc) is 2.88. The van der Waals surface area contributed by atoms with Crippen molar-refractivity contribution in [2.75, 3.05) is 0 Å². The van der Waals surface area contributed by atoms with Gasteiger partial charge in [-0.25, -0.2) is 0 Å². The van der Waals surface area contributed by atoms with Gasteiger partial charge in [0.2, 0.25) is 0 Å². The third-order valence-corrected chi connectivity index (χ3v) is 7.26. The van der Waals surface area contributed by atoms with Gasteiger partial charge in [-0.3, -0.25) is 4.55 Å². The minimum Gasteiger partial charge on any atom is -0.260 e. The summed E-state index contributed by atoms with van der Waals surface area (Å²) >= 11 is 0. The summed E-state index contributed by atoms with van der Waals surface area (Å²) in [5, 5.41) is -0.126. The Labute approximate surface area is 241 Å². The van der Waals surface area contributed by atoms with Crippen LogP contribution in [-0.4, -0.2) is 36.7 Å². The monoisotopic (exact) mass is 670 g/mol. The molecule has 0 aliphatic rings. The Morgan fingerprint density at radius 3 is 1.21 bits per heavy atom. The summed E-state index contributed by atoms with van der Waals surface area (Å²) in [7, 11) is -2.05. The zero-order valence-corrected chi connectivity index (χ0v) is 24.7. The molecule has 0 aliphatic carbocycles. The van der Waals surface area contributed by atoms with E-state index < -0.39 is 34.2 Å². The van der Waals surface area contributed by atoms with Crippen molar-refractivity contribution in [2.45, 2.75) is 48.1 Å². The molecule has 0 amide bonds. The topological polar surface area (TPSA) is 54.4 Å². The lowest BCUT2D eigenvalue weighted by atomic mass is 9.75. The fourth-order valence-electron chi connectivity index (χ4n) is 3.89. The second-order valence-corrected chi connectivity index (χ2v) is 11.1. The molecule has 16 heteroatoms. The predicted octanol–water partition coefficient (Wildman–Crippen LogP) is 9.04. The van der Waals surface area contributed by atoms with Crippen molar-refractivity contribution in [1.29, 1.82) is 0 Å². The average molecular weight is 670 g/mol. The van der Waals surface area contributed by atoms with Crippen LogP contribution in [0.3, 0.4) is 0 Å². The van der Waals surface area contributed by atoms with Gasteiger partial charge >= 0.3 is 34.2 Å². The number of hydrogen-bond donors (Lipinski definition) is 1. The van der Waals surface area contributed by atoms with Crippen LogP contribution in [0.5, 0.6) is 0 Å². The van der Waals surface area contributed by atoms with Crippen LogP contribution < -0.4 is 0 Å². The largest absolute Gasteiger partial charge is 0.460 e. The Morgan fingerprint density at radius 2 is 0.976 bits per heavy atom. The predicted molar refractivity (Wildman–Crippen MR) is 146 cm³/mol. The van der Waals surface area contributed by atoms with Crippen molar-refractivity contribution < 1.29 is 56.4 Å². The highest BCUT2D eigenvalue weighted by molar-refractivity contribution is 7.80. The fraction of sp³-hybridized carbons (Fsp3) is 0.308. The maximum Gasteiger partial charge on any atom is 0.460 e. The second kappa shape index (κ2) is 14.5. The lowest BCUT2D eigenvalue weighted by molar-refractivity contribution is -0.381. The summed E-state index contributed by atoms with van der Waals surface area (Å²) in [5.41, 5.74) is -1.48. The van der Waals surface area contributed by atoms with E-state index in [0.29, 0.717) is 5.92 Å². The van der Waals surface area contributed by atoms with Crippen LogP contribution in [0.4, 0.5) is 43.4 Å². The molecule has 42 heavy (non-hydrogen) atoms. The van der Waals surface area contributed by atoms with Crippen molar-refractivity contribution >= 4 is 29.0 Å². The number of benzene rings is 3. The van der Waals surface area contributed by atoms with Crippen LogP contribution in [0.25, 0.3) is 0 Å². The molecule has 0 saturated carbocycles. The van der Waals surface area contributed by atoms with E-state index in [1.54, 1.807) is 0 Å². The van der Waals surface area contributed by atoms with Gasteiger partial charge in [-0.2, -0.15) is 47.9 Å². The van der Waals surface area contributed by atoms with Crippen LogP contribution in [0.2, 0.25) is 0 Å². The second-order valence-electron chi connectivity index (χ2n) is 8.65. The molecule has 0 saturated heterocycles.